The SMILES string of the molecule is CNCC1=NC(=O)CC1. The molecule has 3 nitrogen and oxygen atoms in total. The fourth-order valence-electron chi connectivity index (χ4n) is 0.871. The standard InChI is InChI=1S/C6H10N2O/c1-7-4-5-2-3-6(9)8-5/h7H,2-4H2,1H3. The van der Waals surface area contributed by atoms with Crippen molar-refractivity contribution in [3.05, 3.63) is 0 Å². The van der Waals surface area contributed by atoms with Gasteiger partial charge in [-0.05, 0) is 13.5 Å². The van der Waals surface area contributed by atoms with E-state index in [4.69, 9.17) is 0 Å². The predicted octanol–water partition coefficient (Wildman–Crippen LogP) is -0.0328. The molecule has 1 amide bonds. The molecule has 0 spiro atoms. The molecule has 0 aliphatic carbocycles. The van der Waals surface area contributed by atoms with Crippen LogP contribution in [0.1, 0.15) is 12.8 Å². The molecule has 0 aromatic heterocycles. The summed E-state index contributed by atoms with van der Waals surface area (Å²) in [7, 11) is 1.85. The second kappa shape index (κ2) is 2.73. The zero-order valence-corrected chi connectivity index (χ0v) is 5.48. The maximum absolute atomic E-state index is 10.5. The molecule has 0 saturated heterocycles. The Morgan fingerprint density at radius 1 is 1.67 bits per heavy atom. The smallest absolute Gasteiger partial charge is 0.246 e. The van der Waals surface area contributed by atoms with E-state index < -0.39 is 0 Å². The van der Waals surface area contributed by atoms with Gasteiger partial charge in [-0.25, -0.2) is 4.99 Å². The van der Waals surface area contributed by atoms with Crippen LogP contribution in [0, 0.1) is 0 Å². The van der Waals surface area contributed by atoms with Gasteiger partial charge in [-0.1, -0.05) is 0 Å². The number of rotatable bonds is 2. The van der Waals surface area contributed by atoms with Gasteiger partial charge in [-0.15, -0.1) is 0 Å². The number of carbonyl (C=O) groups excluding carboxylic acids is 1. The molecule has 3 heteroatoms. The zero-order chi connectivity index (χ0) is 6.69. The maximum atomic E-state index is 10.5. The van der Waals surface area contributed by atoms with E-state index in [2.05, 4.69) is 10.3 Å². The number of amides is 1. The molecule has 0 radical (unpaired) electrons. The molecule has 0 aromatic rings. The fraction of sp³-hybridized carbons (Fsp3) is 0.667. The lowest BCUT2D eigenvalue weighted by Gasteiger charge is -1.93. The van der Waals surface area contributed by atoms with Crippen LogP contribution in [0.5, 0.6) is 0 Å². The zero-order valence-electron chi connectivity index (χ0n) is 5.48. The summed E-state index contributed by atoms with van der Waals surface area (Å²) in [6, 6.07) is 0. The Morgan fingerprint density at radius 3 is 2.89 bits per heavy atom. The predicted molar refractivity (Wildman–Crippen MR) is 35.6 cm³/mol. The Hall–Kier alpha value is -0.700. The third kappa shape index (κ3) is 1.61. The monoisotopic (exact) mass is 126 g/mol. The van der Waals surface area contributed by atoms with Gasteiger partial charge in [0.2, 0.25) is 5.91 Å². The Morgan fingerprint density at radius 2 is 2.44 bits per heavy atom. The van der Waals surface area contributed by atoms with Crippen LogP contribution < -0.4 is 5.32 Å². The van der Waals surface area contributed by atoms with Crippen molar-refractivity contribution in [3.8, 4) is 0 Å². The van der Waals surface area contributed by atoms with Crippen molar-refractivity contribution < 1.29 is 4.79 Å². The van der Waals surface area contributed by atoms with Gasteiger partial charge >= 0.3 is 0 Å². The van der Waals surface area contributed by atoms with Crippen LogP contribution in [0.15, 0.2) is 4.99 Å². The molecule has 50 valence electrons. The molecule has 1 aliphatic rings. The lowest BCUT2D eigenvalue weighted by atomic mass is 10.2. The average molecular weight is 126 g/mol. The molecular formula is C6H10N2O. The van der Waals surface area contributed by atoms with Gasteiger partial charge in [0.05, 0.1) is 0 Å². The van der Waals surface area contributed by atoms with Crippen LogP contribution in [-0.2, 0) is 4.79 Å². The largest absolute Gasteiger partial charge is 0.315 e. The van der Waals surface area contributed by atoms with E-state index in [1.807, 2.05) is 7.05 Å². The van der Waals surface area contributed by atoms with Crippen LogP contribution in [0.4, 0.5) is 0 Å². The Kier molecular flexibility index (Phi) is 1.95. The highest BCUT2D eigenvalue weighted by atomic mass is 16.1. The van der Waals surface area contributed by atoms with Gasteiger partial charge in [0.1, 0.15) is 0 Å². The third-order valence-corrected chi connectivity index (χ3v) is 1.29. The van der Waals surface area contributed by atoms with Gasteiger partial charge in [0.25, 0.3) is 0 Å². The summed E-state index contributed by atoms with van der Waals surface area (Å²) in [5.41, 5.74) is 0.988. The number of hydrogen-bond acceptors (Lipinski definition) is 2. The van der Waals surface area contributed by atoms with E-state index >= 15 is 0 Å². The molecule has 1 rings (SSSR count). The topological polar surface area (TPSA) is 41.5 Å². The highest BCUT2D eigenvalue weighted by Crippen LogP contribution is 2.03. The summed E-state index contributed by atoms with van der Waals surface area (Å²) in [5, 5.41) is 2.95. The first-order valence-corrected chi connectivity index (χ1v) is 3.07. The van der Waals surface area contributed by atoms with Crippen molar-refractivity contribution in [2.24, 2.45) is 4.99 Å². The Labute approximate surface area is 54.2 Å². The summed E-state index contributed by atoms with van der Waals surface area (Å²) in [6.45, 7) is 0.756. The second-order valence-corrected chi connectivity index (χ2v) is 2.10. The van der Waals surface area contributed by atoms with E-state index in [0.717, 1.165) is 18.7 Å². The summed E-state index contributed by atoms with van der Waals surface area (Å²) in [6.07, 6.45) is 1.46. The molecule has 0 bridgehead atoms. The van der Waals surface area contributed by atoms with Crippen LogP contribution in [0.2, 0.25) is 0 Å². The van der Waals surface area contributed by atoms with Crippen molar-refractivity contribution in [2.45, 2.75) is 12.8 Å². The van der Waals surface area contributed by atoms with Crippen LogP contribution >= 0.6 is 0 Å². The first-order valence-electron chi connectivity index (χ1n) is 3.07. The van der Waals surface area contributed by atoms with Gasteiger partial charge < -0.3 is 5.32 Å². The molecule has 0 fully saturated rings. The molecule has 1 aliphatic heterocycles. The van der Waals surface area contributed by atoms with Crippen LogP contribution in [0.25, 0.3) is 0 Å². The molecule has 1 N–H and O–H groups in total. The lowest BCUT2D eigenvalue weighted by Crippen LogP contribution is -2.16. The van der Waals surface area contributed by atoms with Gasteiger partial charge in [-0.3, -0.25) is 4.79 Å². The molecule has 0 unspecified atom stereocenters. The molecule has 0 saturated carbocycles. The minimum atomic E-state index is 0.0280. The third-order valence-electron chi connectivity index (χ3n) is 1.29. The number of carbonyl (C=O) groups is 1. The Bertz CT molecular complexity index is 151. The minimum Gasteiger partial charge on any atom is -0.315 e. The molecule has 0 atom stereocenters. The number of nitrogens with one attached hydrogen (secondary N) is 1. The summed E-state index contributed by atoms with van der Waals surface area (Å²) in [4.78, 5) is 14.3. The molecule has 1 heterocycles. The van der Waals surface area contributed by atoms with Crippen LogP contribution in [0.3, 0.4) is 0 Å². The van der Waals surface area contributed by atoms with Crippen LogP contribution in [-0.4, -0.2) is 25.2 Å². The highest BCUT2D eigenvalue weighted by Gasteiger charge is 2.11. The first kappa shape index (κ1) is 6.42. The summed E-state index contributed by atoms with van der Waals surface area (Å²) < 4.78 is 0. The maximum Gasteiger partial charge on any atom is 0.246 e. The van der Waals surface area contributed by atoms with Crippen molar-refractivity contribution >= 4 is 11.6 Å². The van der Waals surface area contributed by atoms with E-state index in [9.17, 15) is 4.79 Å². The molecular weight excluding hydrogens is 116 g/mol. The summed E-state index contributed by atoms with van der Waals surface area (Å²) >= 11 is 0. The second-order valence-electron chi connectivity index (χ2n) is 2.10. The number of nitrogens with zero attached hydrogens (tertiary/aromatic N) is 1. The van der Waals surface area contributed by atoms with Crippen molar-refractivity contribution in [1.29, 1.82) is 0 Å². The van der Waals surface area contributed by atoms with Gasteiger partial charge in [0, 0.05) is 18.7 Å². The normalized spacial score (nSPS) is 18.3. The minimum absolute atomic E-state index is 0.0280. The summed E-state index contributed by atoms with van der Waals surface area (Å²) in [5.74, 6) is 0.0280. The number of hydrogen-bond donors (Lipinski definition) is 1. The van der Waals surface area contributed by atoms with E-state index in [0.29, 0.717) is 6.42 Å². The average Bonchev–Trinajstić information content (AvgIpc) is 2.17. The van der Waals surface area contributed by atoms with Crippen molar-refractivity contribution in [3.63, 3.8) is 0 Å². The van der Waals surface area contributed by atoms with Gasteiger partial charge in [-0.2, -0.15) is 0 Å². The molecule has 9 heavy (non-hydrogen) atoms. The quantitative estimate of drug-likeness (QED) is 0.564. The van der Waals surface area contributed by atoms with E-state index in [1.165, 1.54) is 0 Å². The van der Waals surface area contributed by atoms with Gasteiger partial charge in [0.15, 0.2) is 0 Å². The first-order chi connectivity index (χ1) is 4.33. The molecule has 0 aromatic carbocycles. The highest BCUT2D eigenvalue weighted by molar-refractivity contribution is 6.03. The van der Waals surface area contributed by atoms with Crippen molar-refractivity contribution in [1.82, 2.24) is 5.32 Å². The Balaban J connectivity index is 2.42. The van der Waals surface area contributed by atoms with E-state index in [-0.39, 0.29) is 5.91 Å². The van der Waals surface area contributed by atoms with E-state index in [1.54, 1.807) is 0 Å². The fourth-order valence-corrected chi connectivity index (χ4v) is 0.871. The van der Waals surface area contributed by atoms with Crippen molar-refractivity contribution in [2.75, 3.05) is 13.6 Å². The lowest BCUT2D eigenvalue weighted by molar-refractivity contribution is -0.117. The number of aliphatic imine (C=N–C) groups is 1.